The minimum absolute atomic E-state index is 1.07. The Kier molecular flexibility index (Phi) is 8.18. The third-order valence-corrected chi connectivity index (χ3v) is 13.0. The van der Waals surface area contributed by atoms with E-state index in [9.17, 15) is 0 Å². The molecule has 0 unspecified atom stereocenters. The average Bonchev–Trinajstić information content (AvgIpc) is 4.00. The summed E-state index contributed by atoms with van der Waals surface area (Å²) in [5, 5.41) is 7.37. The first-order chi connectivity index (χ1) is 31.8. The molecule has 300 valence electrons. The smallest absolute Gasteiger partial charge is 0.0547 e. The van der Waals surface area contributed by atoms with Crippen molar-refractivity contribution in [2.24, 2.45) is 0 Å². The van der Waals surface area contributed by atoms with Crippen molar-refractivity contribution in [3.8, 4) is 28.2 Å². The van der Waals surface area contributed by atoms with Crippen molar-refractivity contribution in [1.29, 1.82) is 0 Å². The number of para-hydroxylation sites is 7. The first-order valence-electron chi connectivity index (χ1n) is 21.9. The summed E-state index contributed by atoms with van der Waals surface area (Å²) in [6, 6.07) is 88.3. The van der Waals surface area contributed by atoms with Crippen molar-refractivity contribution in [3.05, 3.63) is 243 Å². The number of fused-ring (bicyclic) bond motifs is 9. The van der Waals surface area contributed by atoms with Crippen molar-refractivity contribution < 1.29 is 0 Å². The Labute approximate surface area is 370 Å². The van der Waals surface area contributed by atoms with Crippen LogP contribution in [0.25, 0.3) is 93.6 Å². The second kappa shape index (κ2) is 14.5. The van der Waals surface area contributed by atoms with E-state index in [0.717, 1.165) is 45.3 Å². The summed E-state index contributed by atoms with van der Waals surface area (Å²) in [4.78, 5) is 2.43. The first kappa shape index (κ1) is 36.1. The van der Waals surface area contributed by atoms with Crippen LogP contribution >= 0.6 is 0 Å². The standard InChI is InChI=1S/C60H40N4/c1-4-18-43(19-5-1)61(46-33-35-59-54(40-46)52-27-13-17-31-58(52)62(59)44-20-6-2-7-21-44)47-36-42(37-48(39-47)64-56-29-15-10-24-49(56)50-25-11-16-30-57(50)64)41-32-34-53-51-26-12-14-28-55(51)63(60(53)38-41)45-22-8-3-9-23-45/h1-40H. The molecule has 0 N–H and O–H groups in total. The van der Waals surface area contributed by atoms with Gasteiger partial charge in [-0.3, -0.25) is 0 Å². The topological polar surface area (TPSA) is 18.0 Å². The Balaban J connectivity index is 1.09. The summed E-state index contributed by atoms with van der Waals surface area (Å²) in [5.41, 5.74) is 16.0. The predicted molar refractivity (Wildman–Crippen MR) is 270 cm³/mol. The fourth-order valence-corrected chi connectivity index (χ4v) is 10.2. The third-order valence-electron chi connectivity index (χ3n) is 13.0. The largest absolute Gasteiger partial charge is 0.310 e. The summed E-state index contributed by atoms with van der Waals surface area (Å²) in [6.07, 6.45) is 0. The van der Waals surface area contributed by atoms with Gasteiger partial charge in [-0.25, -0.2) is 0 Å². The molecule has 3 aromatic heterocycles. The van der Waals surface area contributed by atoms with E-state index < -0.39 is 0 Å². The molecule has 4 nitrogen and oxygen atoms in total. The molecular formula is C60H40N4. The van der Waals surface area contributed by atoms with E-state index in [2.05, 4.69) is 261 Å². The van der Waals surface area contributed by atoms with Crippen LogP contribution in [0.1, 0.15) is 0 Å². The monoisotopic (exact) mass is 816 g/mol. The molecule has 0 aliphatic carbocycles. The van der Waals surface area contributed by atoms with E-state index in [1.165, 1.54) is 65.4 Å². The van der Waals surface area contributed by atoms with Crippen LogP contribution < -0.4 is 4.90 Å². The third kappa shape index (κ3) is 5.63. The highest BCUT2D eigenvalue weighted by molar-refractivity contribution is 6.13. The number of hydrogen-bond acceptors (Lipinski definition) is 1. The molecular weight excluding hydrogens is 777 g/mol. The fourth-order valence-electron chi connectivity index (χ4n) is 10.2. The molecule has 0 saturated heterocycles. The molecule has 0 spiro atoms. The lowest BCUT2D eigenvalue weighted by molar-refractivity contribution is 1.17. The molecule has 0 atom stereocenters. The van der Waals surface area contributed by atoms with E-state index in [-0.39, 0.29) is 0 Å². The predicted octanol–water partition coefficient (Wildman–Crippen LogP) is 16.1. The lowest BCUT2D eigenvalue weighted by Crippen LogP contribution is -2.11. The zero-order valence-corrected chi connectivity index (χ0v) is 34.9. The maximum absolute atomic E-state index is 2.44. The second-order valence-electron chi connectivity index (χ2n) is 16.6. The molecule has 0 amide bonds. The van der Waals surface area contributed by atoms with Crippen LogP contribution in [0.2, 0.25) is 0 Å². The van der Waals surface area contributed by atoms with Gasteiger partial charge < -0.3 is 18.6 Å². The lowest BCUT2D eigenvalue weighted by atomic mass is 10.0. The van der Waals surface area contributed by atoms with E-state index >= 15 is 0 Å². The van der Waals surface area contributed by atoms with Gasteiger partial charge in [0, 0.05) is 66.4 Å². The number of aromatic nitrogens is 3. The van der Waals surface area contributed by atoms with Gasteiger partial charge in [-0.2, -0.15) is 0 Å². The highest BCUT2D eigenvalue weighted by Gasteiger charge is 2.21. The van der Waals surface area contributed by atoms with Crippen molar-refractivity contribution >= 4 is 82.5 Å². The van der Waals surface area contributed by atoms with Crippen LogP contribution in [0, 0.1) is 0 Å². The molecule has 13 aromatic rings. The molecule has 0 radical (unpaired) electrons. The minimum Gasteiger partial charge on any atom is -0.310 e. The molecule has 3 heterocycles. The van der Waals surface area contributed by atoms with E-state index in [4.69, 9.17) is 0 Å². The van der Waals surface area contributed by atoms with Crippen molar-refractivity contribution in [3.63, 3.8) is 0 Å². The highest BCUT2D eigenvalue weighted by atomic mass is 15.1. The Morgan fingerprint density at radius 1 is 0.219 bits per heavy atom. The summed E-state index contributed by atoms with van der Waals surface area (Å²) in [5.74, 6) is 0. The number of hydrogen-bond donors (Lipinski definition) is 0. The average molecular weight is 817 g/mol. The molecule has 0 bridgehead atoms. The lowest BCUT2D eigenvalue weighted by Gasteiger charge is -2.27. The number of anilines is 3. The quantitative estimate of drug-likeness (QED) is 0.157. The second-order valence-corrected chi connectivity index (χ2v) is 16.6. The SMILES string of the molecule is c1ccc(N(c2cc(-c3ccc4c5ccccc5n(-c5ccccc5)c4c3)cc(-n3c4ccccc4c4ccccc43)c2)c2ccc3c(c2)c2ccccc2n3-c2ccccc2)cc1. The zero-order valence-electron chi connectivity index (χ0n) is 34.9. The molecule has 0 saturated carbocycles. The van der Waals surface area contributed by atoms with Gasteiger partial charge in [-0.1, -0.05) is 140 Å². The van der Waals surface area contributed by atoms with Crippen molar-refractivity contribution in [2.45, 2.75) is 0 Å². The Morgan fingerprint density at radius 3 is 1.22 bits per heavy atom. The molecule has 0 aliphatic rings. The van der Waals surface area contributed by atoms with Crippen molar-refractivity contribution in [1.82, 2.24) is 13.7 Å². The minimum atomic E-state index is 1.07. The maximum atomic E-state index is 2.44. The van der Waals surface area contributed by atoms with Crippen LogP contribution in [-0.2, 0) is 0 Å². The molecule has 64 heavy (non-hydrogen) atoms. The van der Waals surface area contributed by atoms with Gasteiger partial charge in [-0.15, -0.1) is 0 Å². The fraction of sp³-hybridized carbons (Fsp3) is 0. The van der Waals surface area contributed by atoms with Crippen molar-refractivity contribution in [2.75, 3.05) is 4.90 Å². The Morgan fingerprint density at radius 2 is 0.656 bits per heavy atom. The van der Waals surface area contributed by atoms with Gasteiger partial charge in [0.25, 0.3) is 0 Å². The van der Waals surface area contributed by atoms with E-state index in [1.54, 1.807) is 0 Å². The molecule has 4 heteroatoms. The van der Waals surface area contributed by atoms with Crippen LogP contribution in [0.15, 0.2) is 243 Å². The summed E-state index contributed by atoms with van der Waals surface area (Å²) in [7, 11) is 0. The molecule has 10 aromatic carbocycles. The van der Waals surface area contributed by atoms with Gasteiger partial charge in [-0.05, 0) is 114 Å². The molecule has 0 aliphatic heterocycles. The van der Waals surface area contributed by atoms with Gasteiger partial charge in [0.05, 0.1) is 33.1 Å². The summed E-state index contributed by atoms with van der Waals surface area (Å²) in [6.45, 7) is 0. The van der Waals surface area contributed by atoms with Crippen LogP contribution in [0.4, 0.5) is 17.1 Å². The van der Waals surface area contributed by atoms with Crippen LogP contribution in [0.3, 0.4) is 0 Å². The Hall–Kier alpha value is -8.60. The maximum Gasteiger partial charge on any atom is 0.0547 e. The number of benzene rings is 10. The number of rotatable bonds is 7. The molecule has 0 fully saturated rings. The van der Waals surface area contributed by atoms with Gasteiger partial charge in [0.15, 0.2) is 0 Å². The van der Waals surface area contributed by atoms with E-state index in [0.29, 0.717) is 0 Å². The van der Waals surface area contributed by atoms with E-state index in [1.807, 2.05) is 0 Å². The zero-order chi connectivity index (χ0) is 42.1. The number of nitrogens with zero attached hydrogens (tertiary/aromatic N) is 4. The van der Waals surface area contributed by atoms with Crippen LogP contribution in [0.5, 0.6) is 0 Å². The summed E-state index contributed by atoms with van der Waals surface area (Å²) < 4.78 is 7.23. The van der Waals surface area contributed by atoms with Gasteiger partial charge in [0.1, 0.15) is 0 Å². The van der Waals surface area contributed by atoms with Gasteiger partial charge >= 0.3 is 0 Å². The van der Waals surface area contributed by atoms with Crippen LogP contribution in [-0.4, -0.2) is 13.7 Å². The highest BCUT2D eigenvalue weighted by Crippen LogP contribution is 2.44. The Bertz CT molecular complexity index is 3840. The normalized spacial score (nSPS) is 11.8. The van der Waals surface area contributed by atoms with Gasteiger partial charge in [0.2, 0.25) is 0 Å². The molecule has 13 rings (SSSR count). The first-order valence-corrected chi connectivity index (χ1v) is 21.9. The summed E-state index contributed by atoms with van der Waals surface area (Å²) >= 11 is 0.